The lowest BCUT2D eigenvalue weighted by atomic mass is 9.95. The van der Waals surface area contributed by atoms with Gasteiger partial charge in [-0.15, -0.1) is 0 Å². The zero-order valence-corrected chi connectivity index (χ0v) is 17.2. The van der Waals surface area contributed by atoms with Crippen LogP contribution < -0.4 is 4.74 Å². The fourth-order valence-electron chi connectivity index (χ4n) is 3.06. The second kappa shape index (κ2) is 12.0. The van der Waals surface area contributed by atoms with Crippen LogP contribution in [-0.2, 0) is 0 Å². The Kier molecular flexibility index (Phi) is 9.32. The molecule has 5 heteroatoms. The lowest BCUT2D eigenvalue weighted by molar-refractivity contribution is 0.198. The van der Waals surface area contributed by atoms with E-state index in [1.54, 1.807) is 12.1 Å². The van der Waals surface area contributed by atoms with Crippen LogP contribution in [0.3, 0.4) is 0 Å². The van der Waals surface area contributed by atoms with Crippen LogP contribution in [0, 0.1) is 5.82 Å². The average molecular weight is 413 g/mol. The molecular formula is C25H29FO4. The second-order valence-electron chi connectivity index (χ2n) is 6.97. The predicted octanol–water partition coefficient (Wildman–Crippen LogP) is 5.02. The van der Waals surface area contributed by atoms with Gasteiger partial charge in [-0.25, -0.2) is 4.39 Å². The Morgan fingerprint density at radius 1 is 1.20 bits per heavy atom. The molecule has 0 aromatic heterocycles. The van der Waals surface area contributed by atoms with Gasteiger partial charge in [0.25, 0.3) is 0 Å². The molecule has 3 N–H and O–H groups in total. The SMILES string of the molecule is C=C(COc1ccccc1)/C(=C/CO)C(O)CC/C(=C/c1ccc(O)c(F)c1)CC. The first-order chi connectivity index (χ1) is 14.4. The number of hydrogen-bond acceptors (Lipinski definition) is 4. The van der Waals surface area contributed by atoms with Crippen molar-refractivity contribution in [3.8, 4) is 11.5 Å². The van der Waals surface area contributed by atoms with Gasteiger partial charge in [0.1, 0.15) is 12.4 Å². The summed E-state index contributed by atoms with van der Waals surface area (Å²) in [5.74, 6) is -0.341. The van der Waals surface area contributed by atoms with Gasteiger partial charge >= 0.3 is 0 Å². The van der Waals surface area contributed by atoms with E-state index in [2.05, 4.69) is 6.58 Å². The van der Waals surface area contributed by atoms with Gasteiger partial charge in [-0.2, -0.15) is 0 Å². The van der Waals surface area contributed by atoms with E-state index < -0.39 is 11.9 Å². The van der Waals surface area contributed by atoms with Gasteiger partial charge in [0.05, 0.1) is 12.7 Å². The van der Waals surface area contributed by atoms with Crippen molar-refractivity contribution in [2.24, 2.45) is 0 Å². The summed E-state index contributed by atoms with van der Waals surface area (Å²) < 4.78 is 19.2. The molecule has 2 rings (SSSR count). The normalized spacial score (nSPS) is 13.2. The minimum Gasteiger partial charge on any atom is -0.505 e. The summed E-state index contributed by atoms with van der Waals surface area (Å²) in [5, 5.41) is 29.3. The Morgan fingerprint density at radius 2 is 1.93 bits per heavy atom. The Bertz CT molecular complexity index is 887. The van der Waals surface area contributed by atoms with Crippen molar-refractivity contribution >= 4 is 6.08 Å². The summed E-state index contributed by atoms with van der Waals surface area (Å²) in [6, 6.07) is 13.6. The van der Waals surface area contributed by atoms with Crippen molar-refractivity contribution in [1.82, 2.24) is 0 Å². The molecule has 0 bridgehead atoms. The van der Waals surface area contributed by atoms with Gasteiger partial charge in [0, 0.05) is 0 Å². The first kappa shape index (κ1) is 23.4. The number of aromatic hydroxyl groups is 1. The Labute approximate surface area is 177 Å². The van der Waals surface area contributed by atoms with Gasteiger partial charge < -0.3 is 20.1 Å². The average Bonchev–Trinajstić information content (AvgIpc) is 2.76. The van der Waals surface area contributed by atoms with Crippen molar-refractivity contribution in [2.45, 2.75) is 32.3 Å². The number of rotatable bonds is 11. The van der Waals surface area contributed by atoms with Gasteiger partial charge in [-0.1, -0.05) is 55.5 Å². The summed E-state index contributed by atoms with van der Waals surface area (Å²) in [7, 11) is 0. The van der Waals surface area contributed by atoms with Gasteiger partial charge in [0.2, 0.25) is 0 Å². The topological polar surface area (TPSA) is 69.9 Å². The summed E-state index contributed by atoms with van der Waals surface area (Å²) in [6.07, 6.45) is 4.36. The third-order valence-electron chi connectivity index (χ3n) is 4.77. The molecule has 4 nitrogen and oxygen atoms in total. The highest BCUT2D eigenvalue weighted by atomic mass is 19.1. The highest BCUT2D eigenvalue weighted by Gasteiger charge is 2.15. The van der Waals surface area contributed by atoms with Gasteiger partial charge in [-0.05, 0) is 60.2 Å². The molecule has 0 fully saturated rings. The van der Waals surface area contributed by atoms with Crippen LogP contribution in [0.25, 0.3) is 6.08 Å². The molecule has 0 saturated carbocycles. The largest absolute Gasteiger partial charge is 0.505 e. The number of para-hydroxylation sites is 1. The quantitative estimate of drug-likeness (QED) is 0.453. The van der Waals surface area contributed by atoms with E-state index in [1.165, 1.54) is 12.1 Å². The Balaban J connectivity index is 1.99. The summed E-state index contributed by atoms with van der Waals surface area (Å²) in [4.78, 5) is 0. The van der Waals surface area contributed by atoms with E-state index in [1.807, 2.05) is 43.3 Å². The second-order valence-corrected chi connectivity index (χ2v) is 6.97. The molecule has 0 saturated heterocycles. The van der Waals surface area contributed by atoms with Crippen molar-refractivity contribution in [3.05, 3.63) is 89.3 Å². The first-order valence-electron chi connectivity index (χ1n) is 9.97. The van der Waals surface area contributed by atoms with E-state index in [0.717, 1.165) is 12.0 Å². The maximum Gasteiger partial charge on any atom is 0.165 e. The van der Waals surface area contributed by atoms with E-state index in [0.29, 0.717) is 35.3 Å². The highest BCUT2D eigenvalue weighted by Crippen LogP contribution is 2.24. The number of aliphatic hydroxyl groups excluding tert-OH is 2. The molecule has 0 amide bonds. The third-order valence-corrected chi connectivity index (χ3v) is 4.77. The van der Waals surface area contributed by atoms with E-state index in [9.17, 15) is 19.7 Å². The van der Waals surface area contributed by atoms with Crippen LogP contribution >= 0.6 is 0 Å². The highest BCUT2D eigenvalue weighted by molar-refractivity contribution is 5.54. The van der Waals surface area contributed by atoms with Crippen molar-refractivity contribution < 1.29 is 24.4 Å². The third kappa shape index (κ3) is 7.17. The molecule has 0 aliphatic carbocycles. The summed E-state index contributed by atoms with van der Waals surface area (Å²) >= 11 is 0. The zero-order chi connectivity index (χ0) is 21.9. The number of hydrogen-bond donors (Lipinski definition) is 3. The minimum absolute atomic E-state index is 0.205. The Morgan fingerprint density at radius 3 is 2.57 bits per heavy atom. The maximum atomic E-state index is 13.6. The van der Waals surface area contributed by atoms with Gasteiger partial charge in [-0.3, -0.25) is 0 Å². The number of phenolic OH excluding ortho intramolecular Hbond substituents is 1. The summed E-state index contributed by atoms with van der Waals surface area (Å²) in [6.45, 7) is 5.99. The smallest absolute Gasteiger partial charge is 0.165 e. The van der Waals surface area contributed by atoms with Crippen LogP contribution in [0.4, 0.5) is 4.39 Å². The molecule has 0 spiro atoms. The van der Waals surface area contributed by atoms with E-state index in [4.69, 9.17) is 4.74 Å². The molecule has 0 aliphatic heterocycles. The predicted molar refractivity (Wildman–Crippen MR) is 118 cm³/mol. The molecule has 0 heterocycles. The Hall–Kier alpha value is -2.89. The molecule has 0 aliphatic rings. The number of benzene rings is 2. The van der Waals surface area contributed by atoms with Gasteiger partial charge in [0.15, 0.2) is 11.6 Å². The molecule has 0 radical (unpaired) electrons. The van der Waals surface area contributed by atoms with E-state index >= 15 is 0 Å². The standard InChI is InChI=1S/C25H29FO4/c1-3-19(15-20-10-12-25(29)23(26)16-20)9-11-24(28)22(13-14-27)18(2)17-30-21-7-5-4-6-8-21/h4-8,10,12-13,15-16,24,27-29H,2-3,9,11,14,17H2,1H3/b19-15+,22-13-. The van der Waals surface area contributed by atoms with Crippen LogP contribution in [0.2, 0.25) is 0 Å². The fourth-order valence-corrected chi connectivity index (χ4v) is 3.06. The van der Waals surface area contributed by atoms with E-state index in [-0.39, 0.29) is 19.0 Å². The molecule has 30 heavy (non-hydrogen) atoms. The minimum atomic E-state index is -0.810. The number of allylic oxidation sites excluding steroid dienone is 1. The molecule has 2 aromatic rings. The van der Waals surface area contributed by atoms with Crippen LogP contribution in [-0.4, -0.2) is 34.6 Å². The van der Waals surface area contributed by atoms with Crippen molar-refractivity contribution in [3.63, 3.8) is 0 Å². The number of phenols is 1. The lowest BCUT2D eigenvalue weighted by Crippen LogP contribution is -2.16. The number of ether oxygens (including phenoxy) is 1. The van der Waals surface area contributed by atoms with Crippen LogP contribution in [0.1, 0.15) is 31.7 Å². The van der Waals surface area contributed by atoms with Crippen molar-refractivity contribution in [2.75, 3.05) is 13.2 Å². The van der Waals surface area contributed by atoms with Crippen LogP contribution in [0.5, 0.6) is 11.5 Å². The molecule has 2 aromatic carbocycles. The fraction of sp³-hybridized carbons (Fsp3) is 0.280. The number of halogens is 1. The molecule has 160 valence electrons. The molecular weight excluding hydrogens is 383 g/mol. The maximum absolute atomic E-state index is 13.6. The monoisotopic (exact) mass is 412 g/mol. The number of aliphatic hydroxyl groups is 2. The first-order valence-corrected chi connectivity index (χ1v) is 9.97. The zero-order valence-electron chi connectivity index (χ0n) is 17.2. The molecule has 1 unspecified atom stereocenters. The molecule has 1 atom stereocenters. The lowest BCUT2D eigenvalue weighted by Gasteiger charge is -2.19. The summed E-state index contributed by atoms with van der Waals surface area (Å²) in [5.41, 5.74) is 2.85. The van der Waals surface area contributed by atoms with Crippen LogP contribution in [0.15, 0.2) is 77.9 Å². The van der Waals surface area contributed by atoms with Crippen molar-refractivity contribution in [1.29, 1.82) is 0 Å².